The quantitative estimate of drug-likeness (QED) is 0.286. The van der Waals surface area contributed by atoms with Crippen LogP contribution in [0.4, 0.5) is 0 Å². The molecule has 1 rings (SSSR count). The number of carboxylic acid groups (broad SMARTS) is 1. The summed E-state index contributed by atoms with van der Waals surface area (Å²) >= 11 is 0. The van der Waals surface area contributed by atoms with Gasteiger partial charge in [-0.2, -0.15) is 0 Å². The van der Waals surface area contributed by atoms with Crippen LogP contribution in [0.15, 0.2) is 24.8 Å². The predicted octanol–water partition coefficient (Wildman–Crippen LogP) is 1.05. The van der Waals surface area contributed by atoms with Gasteiger partial charge in [0.2, 0.25) is 0 Å². The Kier molecular flexibility index (Phi) is 6.68. The van der Waals surface area contributed by atoms with Crippen molar-refractivity contribution < 1.29 is 30.0 Å². The van der Waals surface area contributed by atoms with E-state index in [2.05, 4.69) is 6.58 Å². The third-order valence-corrected chi connectivity index (χ3v) is 4.63. The summed E-state index contributed by atoms with van der Waals surface area (Å²) in [6.45, 7) is 4.73. The van der Waals surface area contributed by atoms with Gasteiger partial charge in [-0.15, -0.1) is 0 Å². The smallest absolute Gasteiger partial charge is 0.320 e. The molecule has 0 aromatic heterocycles. The molecule has 0 spiro atoms. The Labute approximate surface area is 136 Å². The highest BCUT2D eigenvalue weighted by Gasteiger charge is 2.58. The van der Waals surface area contributed by atoms with Crippen molar-refractivity contribution in [2.75, 3.05) is 6.61 Å². The van der Waals surface area contributed by atoms with E-state index in [9.17, 15) is 30.0 Å². The van der Waals surface area contributed by atoms with Crippen LogP contribution in [0.5, 0.6) is 0 Å². The van der Waals surface area contributed by atoms with E-state index in [0.29, 0.717) is 6.42 Å². The first-order chi connectivity index (χ1) is 10.8. The summed E-state index contributed by atoms with van der Waals surface area (Å²) in [5, 5.41) is 39.3. The molecule has 1 saturated carbocycles. The fourth-order valence-corrected chi connectivity index (χ4v) is 3.01. The van der Waals surface area contributed by atoms with Gasteiger partial charge in [0, 0.05) is 12.3 Å². The van der Waals surface area contributed by atoms with Gasteiger partial charge in [-0.25, -0.2) is 0 Å². The van der Waals surface area contributed by atoms with E-state index in [1.807, 2.05) is 6.92 Å². The minimum Gasteiger partial charge on any atom is -0.480 e. The molecular formula is C17H26O6. The Bertz CT molecular complexity index is 485. The van der Waals surface area contributed by atoms with E-state index >= 15 is 0 Å². The van der Waals surface area contributed by atoms with Crippen molar-refractivity contribution in [3.63, 3.8) is 0 Å². The lowest BCUT2D eigenvalue weighted by molar-refractivity contribution is -0.158. The fourth-order valence-electron chi connectivity index (χ4n) is 3.01. The number of unbranched alkanes of at least 4 members (excludes halogenated alkanes) is 2. The summed E-state index contributed by atoms with van der Waals surface area (Å²) in [6, 6.07) is 0. The highest BCUT2D eigenvalue weighted by atomic mass is 16.4. The minimum absolute atomic E-state index is 0.329. The molecule has 0 aromatic carbocycles. The number of carbonyl (C=O) groups excluding carboxylic acids is 1. The van der Waals surface area contributed by atoms with E-state index in [-0.39, 0.29) is 6.42 Å². The first-order valence-corrected chi connectivity index (χ1v) is 7.88. The molecule has 23 heavy (non-hydrogen) atoms. The number of hydrogen-bond donors (Lipinski definition) is 4. The summed E-state index contributed by atoms with van der Waals surface area (Å²) in [5.74, 6) is -3.26. The third-order valence-electron chi connectivity index (χ3n) is 4.63. The first-order valence-electron chi connectivity index (χ1n) is 7.88. The van der Waals surface area contributed by atoms with Crippen LogP contribution in [-0.4, -0.2) is 50.5 Å². The summed E-state index contributed by atoms with van der Waals surface area (Å²) < 4.78 is 0. The van der Waals surface area contributed by atoms with Crippen LogP contribution in [-0.2, 0) is 9.59 Å². The molecule has 0 saturated heterocycles. The van der Waals surface area contributed by atoms with Crippen molar-refractivity contribution in [1.29, 1.82) is 0 Å². The average molecular weight is 326 g/mol. The van der Waals surface area contributed by atoms with Crippen LogP contribution < -0.4 is 0 Å². The molecule has 0 radical (unpaired) electrons. The predicted molar refractivity (Wildman–Crippen MR) is 84.7 cm³/mol. The highest BCUT2D eigenvalue weighted by molar-refractivity contribution is 6.06. The second-order valence-corrected chi connectivity index (χ2v) is 6.17. The van der Waals surface area contributed by atoms with Crippen molar-refractivity contribution in [2.45, 2.75) is 50.7 Å². The van der Waals surface area contributed by atoms with Gasteiger partial charge in [-0.1, -0.05) is 44.6 Å². The summed E-state index contributed by atoms with van der Waals surface area (Å²) in [5.41, 5.74) is -3.39. The molecule has 6 nitrogen and oxygen atoms in total. The number of ketones is 1. The van der Waals surface area contributed by atoms with Gasteiger partial charge < -0.3 is 20.4 Å². The van der Waals surface area contributed by atoms with Gasteiger partial charge in [0.15, 0.2) is 11.2 Å². The number of Topliss-reactive ketones (excluding diaryl/α,β-unsaturated/α-hetero) is 1. The molecule has 1 aliphatic rings. The largest absolute Gasteiger partial charge is 0.480 e. The van der Waals surface area contributed by atoms with E-state index in [1.54, 1.807) is 0 Å². The topological polar surface area (TPSA) is 115 Å². The maximum absolute atomic E-state index is 12.0. The van der Waals surface area contributed by atoms with Gasteiger partial charge in [0.05, 0.1) is 12.7 Å². The molecule has 0 amide bonds. The zero-order chi connectivity index (χ0) is 17.7. The SMILES string of the molecule is C=CC(O)(/C=C/[C@H]1[C@H](O)CC(=O)C1(CO)C(=O)O)CCCCC. The zero-order valence-corrected chi connectivity index (χ0v) is 13.4. The van der Waals surface area contributed by atoms with Gasteiger partial charge in [-0.3, -0.25) is 9.59 Å². The van der Waals surface area contributed by atoms with Crippen LogP contribution in [0.3, 0.4) is 0 Å². The highest BCUT2D eigenvalue weighted by Crippen LogP contribution is 2.42. The van der Waals surface area contributed by atoms with E-state index in [4.69, 9.17) is 0 Å². The van der Waals surface area contributed by atoms with Crippen LogP contribution in [0, 0.1) is 11.3 Å². The van der Waals surface area contributed by atoms with Crippen LogP contribution in [0.25, 0.3) is 0 Å². The van der Waals surface area contributed by atoms with Crippen molar-refractivity contribution in [3.8, 4) is 0 Å². The average Bonchev–Trinajstić information content (AvgIpc) is 2.76. The molecule has 4 N–H and O–H groups in total. The van der Waals surface area contributed by atoms with E-state index in [0.717, 1.165) is 19.3 Å². The first kappa shape index (κ1) is 19.5. The second kappa shape index (κ2) is 7.86. The molecule has 0 heterocycles. The van der Waals surface area contributed by atoms with Crippen LogP contribution in [0.2, 0.25) is 0 Å². The molecule has 130 valence electrons. The summed E-state index contributed by atoms with van der Waals surface area (Å²) in [7, 11) is 0. The number of rotatable bonds is 9. The Morgan fingerprint density at radius 1 is 1.48 bits per heavy atom. The van der Waals surface area contributed by atoms with Gasteiger partial charge >= 0.3 is 5.97 Å². The Balaban J connectivity index is 3.04. The van der Waals surface area contributed by atoms with Gasteiger partial charge in [-0.05, 0) is 12.8 Å². The Hall–Kier alpha value is -1.50. The van der Waals surface area contributed by atoms with Crippen LogP contribution in [0.1, 0.15) is 39.0 Å². The number of carbonyl (C=O) groups is 2. The van der Waals surface area contributed by atoms with Crippen molar-refractivity contribution >= 4 is 11.8 Å². The number of aliphatic hydroxyl groups excluding tert-OH is 2. The fraction of sp³-hybridized carbons (Fsp3) is 0.647. The number of aliphatic carboxylic acids is 1. The number of aliphatic hydroxyl groups is 3. The van der Waals surface area contributed by atoms with Gasteiger partial charge in [0.1, 0.15) is 5.60 Å². The lowest BCUT2D eigenvalue weighted by Crippen LogP contribution is -2.45. The third kappa shape index (κ3) is 3.88. The molecule has 0 bridgehead atoms. The van der Waals surface area contributed by atoms with E-state index in [1.165, 1.54) is 18.2 Å². The lowest BCUT2D eigenvalue weighted by Gasteiger charge is -2.28. The lowest BCUT2D eigenvalue weighted by atomic mass is 9.76. The molecular weight excluding hydrogens is 300 g/mol. The molecule has 0 aromatic rings. The van der Waals surface area contributed by atoms with Crippen molar-refractivity contribution in [3.05, 3.63) is 24.8 Å². The number of carboxylic acids is 1. The standard InChI is InChI=1S/C17H26O6/c1-3-5-6-8-16(23,4-2)9-7-12-13(19)10-14(20)17(12,11-18)15(21)22/h4,7,9,12-13,18-19,23H,2-3,5-6,8,10-11H2,1H3,(H,21,22)/b9-7+/t12-,13+,16?,17?/m0/s1. The van der Waals surface area contributed by atoms with Crippen LogP contribution >= 0.6 is 0 Å². The molecule has 6 heteroatoms. The molecule has 1 aliphatic carbocycles. The van der Waals surface area contributed by atoms with Gasteiger partial charge in [0.25, 0.3) is 0 Å². The van der Waals surface area contributed by atoms with Crippen molar-refractivity contribution in [1.82, 2.24) is 0 Å². The molecule has 2 unspecified atom stereocenters. The normalized spacial score (nSPS) is 30.5. The second-order valence-electron chi connectivity index (χ2n) is 6.17. The Morgan fingerprint density at radius 3 is 2.61 bits per heavy atom. The van der Waals surface area contributed by atoms with Crippen molar-refractivity contribution in [2.24, 2.45) is 11.3 Å². The minimum atomic E-state index is -2.05. The maximum Gasteiger partial charge on any atom is 0.320 e. The van der Waals surface area contributed by atoms with E-state index < -0.39 is 41.4 Å². The molecule has 1 fully saturated rings. The summed E-state index contributed by atoms with van der Waals surface area (Å²) in [4.78, 5) is 23.5. The number of hydrogen-bond acceptors (Lipinski definition) is 5. The monoisotopic (exact) mass is 326 g/mol. The summed E-state index contributed by atoms with van der Waals surface area (Å²) in [6.07, 6.45) is 5.61. The maximum atomic E-state index is 12.0. The Morgan fingerprint density at radius 2 is 2.13 bits per heavy atom. The zero-order valence-electron chi connectivity index (χ0n) is 13.4. The molecule has 0 aliphatic heterocycles. The molecule has 4 atom stereocenters.